The Balaban J connectivity index is 2.15. The summed E-state index contributed by atoms with van der Waals surface area (Å²) in [5.41, 5.74) is 5.15. The zero-order valence-corrected chi connectivity index (χ0v) is 7.75. The Labute approximate surface area is 73.9 Å². The molecule has 1 saturated carbocycles. The Morgan fingerprint density at radius 2 is 2.08 bits per heavy atom. The molecule has 0 radical (unpaired) electrons. The number of hydrogen-bond donors (Lipinski definition) is 2. The van der Waals surface area contributed by atoms with Crippen LogP contribution in [0.3, 0.4) is 0 Å². The monoisotopic (exact) mass is 173 g/mol. The van der Waals surface area contributed by atoms with Crippen LogP contribution in [-0.4, -0.2) is 30.0 Å². The zero-order chi connectivity index (χ0) is 9.03. The van der Waals surface area contributed by atoms with E-state index in [4.69, 9.17) is 15.6 Å². The standard InChI is InChI=1S/C9H19NO2/c1-9(10,6-11)7-12-8-4-2-3-5-8/h8,11H,2-7,10H2,1H3. The molecule has 0 amide bonds. The van der Waals surface area contributed by atoms with Crippen molar-refractivity contribution in [1.82, 2.24) is 0 Å². The van der Waals surface area contributed by atoms with Gasteiger partial charge in [-0.25, -0.2) is 0 Å². The van der Waals surface area contributed by atoms with Crippen LogP contribution in [0.2, 0.25) is 0 Å². The highest BCUT2D eigenvalue weighted by Crippen LogP contribution is 2.21. The Bertz CT molecular complexity index is 130. The maximum Gasteiger partial charge on any atom is 0.0669 e. The van der Waals surface area contributed by atoms with E-state index in [1.807, 2.05) is 6.92 Å². The third-order valence-corrected chi connectivity index (χ3v) is 2.31. The van der Waals surface area contributed by atoms with Crippen molar-refractivity contribution in [3.63, 3.8) is 0 Å². The fourth-order valence-electron chi connectivity index (χ4n) is 1.41. The predicted molar refractivity (Wildman–Crippen MR) is 47.9 cm³/mol. The van der Waals surface area contributed by atoms with Gasteiger partial charge in [0.2, 0.25) is 0 Å². The topological polar surface area (TPSA) is 55.5 Å². The number of aliphatic hydroxyl groups excluding tert-OH is 1. The van der Waals surface area contributed by atoms with Gasteiger partial charge in [0.1, 0.15) is 0 Å². The van der Waals surface area contributed by atoms with E-state index in [1.54, 1.807) is 0 Å². The van der Waals surface area contributed by atoms with Crippen LogP contribution in [0.25, 0.3) is 0 Å². The molecule has 3 nitrogen and oxygen atoms in total. The summed E-state index contributed by atoms with van der Waals surface area (Å²) in [6, 6.07) is 0. The number of nitrogens with two attached hydrogens (primary N) is 1. The van der Waals surface area contributed by atoms with Crippen molar-refractivity contribution in [2.24, 2.45) is 5.73 Å². The van der Waals surface area contributed by atoms with Gasteiger partial charge in [0, 0.05) is 0 Å². The molecule has 0 saturated heterocycles. The second-order valence-electron chi connectivity index (χ2n) is 4.03. The summed E-state index contributed by atoms with van der Waals surface area (Å²) in [5.74, 6) is 0. The average Bonchev–Trinajstić information content (AvgIpc) is 2.53. The lowest BCUT2D eigenvalue weighted by Crippen LogP contribution is -2.45. The van der Waals surface area contributed by atoms with E-state index >= 15 is 0 Å². The molecule has 1 rings (SSSR count). The Morgan fingerprint density at radius 1 is 1.50 bits per heavy atom. The van der Waals surface area contributed by atoms with Crippen molar-refractivity contribution < 1.29 is 9.84 Å². The summed E-state index contributed by atoms with van der Waals surface area (Å²) in [6.45, 7) is 2.26. The van der Waals surface area contributed by atoms with Gasteiger partial charge in [-0.05, 0) is 19.8 Å². The molecular weight excluding hydrogens is 154 g/mol. The lowest BCUT2D eigenvalue weighted by Gasteiger charge is -2.23. The highest BCUT2D eigenvalue weighted by Gasteiger charge is 2.21. The van der Waals surface area contributed by atoms with Gasteiger partial charge >= 0.3 is 0 Å². The minimum Gasteiger partial charge on any atom is -0.394 e. The van der Waals surface area contributed by atoms with E-state index in [0.29, 0.717) is 12.7 Å². The number of rotatable bonds is 4. The first kappa shape index (κ1) is 9.96. The first-order valence-electron chi connectivity index (χ1n) is 4.65. The van der Waals surface area contributed by atoms with E-state index < -0.39 is 5.54 Å². The van der Waals surface area contributed by atoms with Gasteiger partial charge in [0.05, 0.1) is 24.9 Å². The highest BCUT2D eigenvalue weighted by atomic mass is 16.5. The van der Waals surface area contributed by atoms with Crippen LogP contribution in [0.15, 0.2) is 0 Å². The highest BCUT2D eigenvalue weighted by molar-refractivity contribution is 4.78. The molecule has 1 atom stereocenters. The molecule has 0 bridgehead atoms. The fourth-order valence-corrected chi connectivity index (χ4v) is 1.41. The van der Waals surface area contributed by atoms with Crippen molar-refractivity contribution in [2.45, 2.75) is 44.2 Å². The van der Waals surface area contributed by atoms with Crippen molar-refractivity contribution in [3.05, 3.63) is 0 Å². The van der Waals surface area contributed by atoms with Gasteiger partial charge in [0.25, 0.3) is 0 Å². The molecule has 0 aromatic carbocycles. The third-order valence-electron chi connectivity index (χ3n) is 2.31. The molecule has 3 heteroatoms. The quantitative estimate of drug-likeness (QED) is 0.656. The van der Waals surface area contributed by atoms with Crippen LogP contribution in [0.1, 0.15) is 32.6 Å². The molecule has 1 unspecified atom stereocenters. The molecular formula is C9H19NO2. The zero-order valence-electron chi connectivity index (χ0n) is 7.75. The van der Waals surface area contributed by atoms with E-state index in [2.05, 4.69) is 0 Å². The Hall–Kier alpha value is -0.120. The van der Waals surface area contributed by atoms with Crippen LogP contribution >= 0.6 is 0 Å². The molecule has 72 valence electrons. The molecule has 0 aromatic heterocycles. The second kappa shape index (κ2) is 4.21. The summed E-state index contributed by atoms with van der Waals surface area (Å²) >= 11 is 0. The largest absolute Gasteiger partial charge is 0.394 e. The van der Waals surface area contributed by atoms with Crippen molar-refractivity contribution in [2.75, 3.05) is 13.2 Å². The van der Waals surface area contributed by atoms with Gasteiger partial charge in [-0.2, -0.15) is 0 Å². The van der Waals surface area contributed by atoms with Gasteiger partial charge < -0.3 is 15.6 Å². The smallest absolute Gasteiger partial charge is 0.0669 e. The normalized spacial score (nSPS) is 24.2. The lowest BCUT2D eigenvalue weighted by molar-refractivity contribution is 0.0124. The maximum atomic E-state index is 8.86. The van der Waals surface area contributed by atoms with Gasteiger partial charge in [-0.15, -0.1) is 0 Å². The van der Waals surface area contributed by atoms with Gasteiger partial charge in [0.15, 0.2) is 0 Å². The molecule has 1 fully saturated rings. The lowest BCUT2D eigenvalue weighted by atomic mass is 10.1. The second-order valence-corrected chi connectivity index (χ2v) is 4.03. The van der Waals surface area contributed by atoms with E-state index in [0.717, 1.165) is 12.8 Å². The molecule has 0 spiro atoms. The first-order chi connectivity index (χ1) is 5.64. The SMILES string of the molecule is CC(N)(CO)COC1CCCC1. The maximum absolute atomic E-state index is 8.86. The predicted octanol–water partition coefficient (Wildman–Crippen LogP) is 0.655. The molecule has 3 N–H and O–H groups in total. The molecule has 1 aliphatic carbocycles. The van der Waals surface area contributed by atoms with Crippen molar-refractivity contribution >= 4 is 0 Å². The van der Waals surface area contributed by atoms with E-state index in [9.17, 15) is 0 Å². The van der Waals surface area contributed by atoms with Crippen LogP contribution in [0.4, 0.5) is 0 Å². The van der Waals surface area contributed by atoms with Crippen molar-refractivity contribution in [1.29, 1.82) is 0 Å². The minimum absolute atomic E-state index is 0.0142. The van der Waals surface area contributed by atoms with Crippen LogP contribution < -0.4 is 5.73 Å². The van der Waals surface area contributed by atoms with E-state index in [1.165, 1.54) is 12.8 Å². The minimum atomic E-state index is -0.567. The van der Waals surface area contributed by atoms with Crippen LogP contribution in [0, 0.1) is 0 Å². The Morgan fingerprint density at radius 3 is 2.58 bits per heavy atom. The van der Waals surface area contributed by atoms with Crippen molar-refractivity contribution in [3.8, 4) is 0 Å². The Kier molecular flexibility index (Phi) is 3.50. The number of hydrogen-bond acceptors (Lipinski definition) is 3. The third kappa shape index (κ3) is 3.09. The molecule has 1 aliphatic rings. The van der Waals surface area contributed by atoms with Gasteiger partial charge in [-0.3, -0.25) is 0 Å². The summed E-state index contributed by atoms with van der Waals surface area (Å²) in [7, 11) is 0. The summed E-state index contributed by atoms with van der Waals surface area (Å²) < 4.78 is 5.57. The van der Waals surface area contributed by atoms with Gasteiger partial charge in [-0.1, -0.05) is 12.8 Å². The van der Waals surface area contributed by atoms with Crippen LogP contribution in [0.5, 0.6) is 0 Å². The number of ether oxygens (including phenoxy) is 1. The van der Waals surface area contributed by atoms with Crippen LogP contribution in [-0.2, 0) is 4.74 Å². The molecule has 0 aromatic rings. The summed E-state index contributed by atoms with van der Waals surface area (Å²) in [4.78, 5) is 0. The average molecular weight is 173 g/mol. The van der Waals surface area contributed by atoms with E-state index in [-0.39, 0.29) is 6.61 Å². The molecule has 0 heterocycles. The molecule has 12 heavy (non-hydrogen) atoms. The molecule has 0 aliphatic heterocycles. The fraction of sp³-hybridized carbons (Fsp3) is 1.00. The first-order valence-corrected chi connectivity index (χ1v) is 4.65. The summed E-state index contributed by atoms with van der Waals surface area (Å²) in [6.07, 6.45) is 5.23. The number of aliphatic hydroxyl groups is 1. The summed E-state index contributed by atoms with van der Waals surface area (Å²) in [5, 5.41) is 8.86.